The van der Waals surface area contributed by atoms with Crippen molar-refractivity contribution >= 4 is 49.8 Å². The molecule has 0 aliphatic heterocycles. The lowest BCUT2D eigenvalue weighted by Crippen LogP contribution is -2.30. The van der Waals surface area contributed by atoms with Gasteiger partial charge >= 0.3 is 0 Å². The fourth-order valence-corrected chi connectivity index (χ4v) is 6.10. The van der Waals surface area contributed by atoms with Gasteiger partial charge in [-0.15, -0.1) is 11.3 Å². The second-order valence-electron chi connectivity index (χ2n) is 9.30. The number of hydrogen-bond donors (Lipinski definition) is 5. The Morgan fingerprint density at radius 3 is 2.58 bits per heavy atom. The van der Waals surface area contributed by atoms with Crippen LogP contribution in [0.25, 0.3) is 21.3 Å². The lowest BCUT2D eigenvalue weighted by atomic mass is 10.1. The number of benzene rings is 2. The van der Waals surface area contributed by atoms with Crippen LogP contribution in [0.2, 0.25) is 0 Å². The maximum atomic E-state index is 13.6. The number of thiophene rings is 1. The second-order valence-corrected chi connectivity index (χ2v) is 12.2. The van der Waals surface area contributed by atoms with E-state index in [0.29, 0.717) is 11.4 Å². The molecule has 0 atom stereocenters. The van der Waals surface area contributed by atoms with Gasteiger partial charge in [0.15, 0.2) is 11.6 Å². The van der Waals surface area contributed by atoms with Crippen LogP contribution < -0.4 is 26.8 Å². The zero-order chi connectivity index (χ0) is 30.6. The minimum atomic E-state index is -3.99. The molecular formula is C28H26F2N8O3S2. The van der Waals surface area contributed by atoms with E-state index in [-0.39, 0.29) is 42.5 Å². The summed E-state index contributed by atoms with van der Waals surface area (Å²) in [6.07, 6.45) is 2.55. The molecule has 0 unspecified atom stereocenters. The highest BCUT2D eigenvalue weighted by molar-refractivity contribution is 7.89. The number of nitrogen functional groups attached to an aromatic ring is 1. The van der Waals surface area contributed by atoms with Crippen molar-refractivity contribution in [1.29, 1.82) is 0 Å². The molecule has 5 rings (SSSR count). The van der Waals surface area contributed by atoms with E-state index < -0.39 is 27.6 Å². The van der Waals surface area contributed by atoms with Crippen LogP contribution in [-0.4, -0.2) is 42.4 Å². The van der Waals surface area contributed by atoms with Gasteiger partial charge < -0.3 is 22.1 Å². The van der Waals surface area contributed by atoms with Crippen LogP contribution in [0.3, 0.4) is 0 Å². The van der Waals surface area contributed by atoms with E-state index in [4.69, 9.17) is 11.5 Å². The third kappa shape index (κ3) is 6.91. The number of nitrogens with two attached hydrogens (primary N) is 2. The highest BCUT2D eigenvalue weighted by Gasteiger charge is 2.21. The second kappa shape index (κ2) is 12.7. The Balaban J connectivity index is 1.37. The van der Waals surface area contributed by atoms with Crippen molar-refractivity contribution in [3.8, 4) is 10.4 Å². The van der Waals surface area contributed by atoms with Crippen LogP contribution in [-0.2, 0) is 23.1 Å². The van der Waals surface area contributed by atoms with Crippen LogP contribution >= 0.6 is 11.3 Å². The molecule has 43 heavy (non-hydrogen) atoms. The molecule has 0 spiro atoms. The molecule has 3 heterocycles. The molecule has 0 aliphatic rings. The predicted molar refractivity (Wildman–Crippen MR) is 161 cm³/mol. The molecule has 1 amide bonds. The van der Waals surface area contributed by atoms with Crippen molar-refractivity contribution in [3.05, 3.63) is 94.8 Å². The van der Waals surface area contributed by atoms with E-state index in [2.05, 4.69) is 30.3 Å². The molecule has 222 valence electrons. The Kier molecular flexibility index (Phi) is 8.86. The summed E-state index contributed by atoms with van der Waals surface area (Å²) in [4.78, 5) is 27.3. The van der Waals surface area contributed by atoms with E-state index in [9.17, 15) is 22.0 Å². The van der Waals surface area contributed by atoms with Crippen molar-refractivity contribution < 1.29 is 22.0 Å². The van der Waals surface area contributed by atoms with E-state index >= 15 is 0 Å². The molecule has 3 aromatic heterocycles. The van der Waals surface area contributed by atoms with Crippen LogP contribution in [0.5, 0.6) is 0 Å². The molecule has 5 aromatic rings. The first kappa shape index (κ1) is 29.9. The molecule has 0 saturated heterocycles. The average molecular weight is 625 g/mol. The first-order valence-electron chi connectivity index (χ1n) is 12.9. The number of hydrogen-bond acceptors (Lipinski definition) is 10. The highest BCUT2D eigenvalue weighted by Crippen LogP contribution is 2.32. The molecule has 0 bridgehead atoms. The third-order valence-corrected chi connectivity index (χ3v) is 8.90. The molecular weight excluding hydrogens is 598 g/mol. The van der Waals surface area contributed by atoms with Gasteiger partial charge in [-0.05, 0) is 53.6 Å². The first-order chi connectivity index (χ1) is 20.6. The molecule has 0 saturated carbocycles. The smallest absolute Gasteiger partial charge is 0.255 e. The summed E-state index contributed by atoms with van der Waals surface area (Å²) < 4.78 is 54.7. The van der Waals surface area contributed by atoms with Gasteiger partial charge in [-0.1, -0.05) is 12.1 Å². The molecule has 11 nitrogen and oxygen atoms in total. The van der Waals surface area contributed by atoms with E-state index in [1.54, 1.807) is 0 Å². The van der Waals surface area contributed by atoms with Crippen molar-refractivity contribution in [2.24, 2.45) is 5.73 Å². The average Bonchev–Trinajstić information content (AvgIpc) is 3.48. The van der Waals surface area contributed by atoms with Crippen LogP contribution in [0.15, 0.2) is 72.0 Å². The fourth-order valence-electron chi connectivity index (χ4n) is 4.14. The van der Waals surface area contributed by atoms with Gasteiger partial charge in [-0.3, -0.25) is 4.79 Å². The van der Waals surface area contributed by atoms with Crippen molar-refractivity contribution in [2.75, 3.05) is 24.1 Å². The molecule has 0 aliphatic carbocycles. The summed E-state index contributed by atoms with van der Waals surface area (Å²) >= 11 is 1.50. The summed E-state index contributed by atoms with van der Waals surface area (Å²) in [6.45, 7) is 0.222. The van der Waals surface area contributed by atoms with Crippen molar-refractivity contribution in [1.82, 2.24) is 25.0 Å². The van der Waals surface area contributed by atoms with Gasteiger partial charge in [-0.25, -0.2) is 36.9 Å². The topological polar surface area (TPSA) is 178 Å². The lowest BCUT2D eigenvalue weighted by Gasteiger charge is -2.13. The zero-order valence-electron chi connectivity index (χ0n) is 22.5. The third-order valence-electron chi connectivity index (χ3n) is 6.33. The minimum absolute atomic E-state index is 0.00245. The number of carbonyl (C=O) groups excluding carboxylic acids is 1. The number of nitrogens with one attached hydrogen (secondary N) is 3. The summed E-state index contributed by atoms with van der Waals surface area (Å²) in [6, 6.07) is 14.0. The maximum Gasteiger partial charge on any atom is 0.255 e. The Morgan fingerprint density at radius 2 is 1.79 bits per heavy atom. The number of anilines is 2. The number of fused-ring (bicyclic) bond motifs is 1. The van der Waals surface area contributed by atoms with E-state index in [1.165, 1.54) is 29.8 Å². The minimum Gasteiger partial charge on any atom is -0.383 e. The molecule has 0 radical (unpaired) electrons. The van der Waals surface area contributed by atoms with Gasteiger partial charge in [0.2, 0.25) is 10.0 Å². The standard InChI is InChI=1S/C28H26F2N8O3S2/c29-22-4-1-16(9-23(22)30)12-35-28(39)21-11-19(43(40,41)38-8-7-31)14-34-27(21)33-13-18-3-6-25(42-18)17-2-5-24-20(10-17)26(32)37-15-36-24/h1-6,9-11,14-15,38H,7-8,12-13,31H2,(H,33,34)(H,35,39)(H2,32,36,37). The summed E-state index contributed by atoms with van der Waals surface area (Å²) in [5.41, 5.74) is 13.4. The quantitative estimate of drug-likeness (QED) is 0.147. The first-order valence-corrected chi connectivity index (χ1v) is 15.2. The van der Waals surface area contributed by atoms with Crippen LogP contribution in [0, 0.1) is 11.6 Å². The normalized spacial score (nSPS) is 11.5. The maximum absolute atomic E-state index is 13.6. The zero-order valence-corrected chi connectivity index (χ0v) is 24.1. The number of carbonyl (C=O) groups is 1. The van der Waals surface area contributed by atoms with Gasteiger partial charge in [-0.2, -0.15) is 0 Å². The summed E-state index contributed by atoms with van der Waals surface area (Å²) in [7, 11) is -3.99. The monoisotopic (exact) mass is 624 g/mol. The molecule has 7 N–H and O–H groups in total. The Bertz CT molecular complexity index is 1920. The number of halogens is 2. The largest absolute Gasteiger partial charge is 0.383 e. The predicted octanol–water partition coefficient (Wildman–Crippen LogP) is 3.39. The van der Waals surface area contributed by atoms with Crippen molar-refractivity contribution in [3.63, 3.8) is 0 Å². The summed E-state index contributed by atoms with van der Waals surface area (Å²) in [5, 5.41) is 6.45. The van der Waals surface area contributed by atoms with E-state index in [0.717, 1.165) is 44.6 Å². The van der Waals surface area contributed by atoms with Crippen LogP contribution in [0.4, 0.5) is 20.4 Å². The number of rotatable bonds is 11. The van der Waals surface area contributed by atoms with Gasteiger partial charge in [0.05, 0.1) is 17.6 Å². The Labute approximate surface area is 249 Å². The molecule has 0 fully saturated rings. The van der Waals surface area contributed by atoms with E-state index in [1.807, 2.05) is 30.3 Å². The summed E-state index contributed by atoms with van der Waals surface area (Å²) in [5.74, 6) is -2.21. The number of amides is 1. The number of pyridine rings is 1. The molecule has 2 aromatic carbocycles. The fraction of sp³-hybridized carbons (Fsp3) is 0.143. The highest BCUT2D eigenvalue weighted by atomic mass is 32.2. The van der Waals surface area contributed by atoms with Gasteiger partial charge in [0.25, 0.3) is 5.91 Å². The van der Waals surface area contributed by atoms with Crippen molar-refractivity contribution in [2.45, 2.75) is 18.0 Å². The Morgan fingerprint density at radius 1 is 0.953 bits per heavy atom. The lowest BCUT2D eigenvalue weighted by molar-refractivity contribution is 0.0951. The number of aromatic nitrogens is 3. The number of sulfonamides is 1. The number of nitrogens with zero attached hydrogens (tertiary/aromatic N) is 3. The van der Waals surface area contributed by atoms with Gasteiger partial charge in [0, 0.05) is 41.0 Å². The van der Waals surface area contributed by atoms with Crippen LogP contribution in [0.1, 0.15) is 20.8 Å². The SMILES string of the molecule is NCCNS(=O)(=O)c1cnc(NCc2ccc(-c3ccc4ncnc(N)c4c3)s2)c(C(=O)NCc2ccc(F)c(F)c2)c1. The van der Waals surface area contributed by atoms with Gasteiger partial charge in [0.1, 0.15) is 22.9 Å². The Hall–Kier alpha value is -4.57. The molecule has 15 heteroatoms.